The van der Waals surface area contributed by atoms with E-state index in [-0.39, 0.29) is 5.69 Å². The summed E-state index contributed by atoms with van der Waals surface area (Å²) in [7, 11) is 0. The van der Waals surface area contributed by atoms with E-state index in [0.29, 0.717) is 18.2 Å². The standard InChI is InChI=1S/C14H17N3O2.H3NO2S/c1-10(2)7-8-15-14-11-5-3-4-6-12(11)16-9-13(14)17(18)19;1-4(2)3/h3-6,9-10H,7-8H2,1-2H3,(H,15,16);1H2,(H,2,3)/p-1. The average Bonchev–Trinajstić information content (AvgIpc) is 2.46. The number of aromatic nitrogens is 1. The Morgan fingerprint density at radius 2 is 2.00 bits per heavy atom. The van der Waals surface area contributed by atoms with Gasteiger partial charge in [0.1, 0.15) is 11.9 Å². The van der Waals surface area contributed by atoms with E-state index >= 15 is 0 Å². The van der Waals surface area contributed by atoms with E-state index in [1.165, 1.54) is 6.20 Å². The molecule has 9 heteroatoms. The highest BCUT2D eigenvalue weighted by atomic mass is 32.2. The Bertz CT molecular complexity index is 690. The number of anilines is 1. The van der Waals surface area contributed by atoms with Crippen molar-refractivity contribution in [1.82, 2.24) is 4.98 Å². The number of benzene rings is 1. The van der Waals surface area contributed by atoms with Crippen molar-refractivity contribution in [2.75, 3.05) is 11.9 Å². The van der Waals surface area contributed by atoms with E-state index < -0.39 is 16.2 Å². The lowest BCUT2D eigenvalue weighted by atomic mass is 10.1. The molecule has 0 bridgehead atoms. The third-order valence-electron chi connectivity index (χ3n) is 2.98. The van der Waals surface area contributed by atoms with Crippen molar-refractivity contribution in [3.05, 3.63) is 40.6 Å². The number of nitro groups is 1. The molecule has 0 amide bonds. The van der Waals surface area contributed by atoms with Crippen LogP contribution in [0.5, 0.6) is 0 Å². The molecule has 2 aromatic rings. The molecule has 126 valence electrons. The summed E-state index contributed by atoms with van der Waals surface area (Å²) in [6.45, 7) is 4.97. The summed E-state index contributed by atoms with van der Waals surface area (Å²) in [4.78, 5) is 14.8. The van der Waals surface area contributed by atoms with Crippen LogP contribution in [0.4, 0.5) is 11.4 Å². The van der Waals surface area contributed by atoms with Crippen LogP contribution in [-0.4, -0.2) is 25.2 Å². The summed E-state index contributed by atoms with van der Waals surface area (Å²) in [5.74, 6) is 0.555. The average molecular weight is 339 g/mol. The Kier molecular flexibility index (Phi) is 7.52. The normalized spacial score (nSPS) is 11.7. The maximum absolute atomic E-state index is 11.1. The number of fused-ring (bicyclic) bond motifs is 1. The Morgan fingerprint density at radius 3 is 2.57 bits per heavy atom. The van der Waals surface area contributed by atoms with Crippen LogP contribution in [0.3, 0.4) is 0 Å². The predicted octanol–water partition coefficient (Wildman–Crippen LogP) is 2.34. The van der Waals surface area contributed by atoms with Gasteiger partial charge in [0.05, 0.1) is 10.4 Å². The third kappa shape index (κ3) is 6.27. The first kappa shape index (κ1) is 18.9. The molecule has 0 aliphatic carbocycles. The van der Waals surface area contributed by atoms with Crippen LogP contribution in [0.25, 0.3) is 10.9 Å². The molecule has 0 aliphatic heterocycles. The monoisotopic (exact) mass is 339 g/mol. The largest absolute Gasteiger partial charge is 0.760 e. The summed E-state index contributed by atoms with van der Waals surface area (Å²) in [6.07, 6.45) is 2.29. The van der Waals surface area contributed by atoms with Gasteiger partial charge in [-0.3, -0.25) is 19.5 Å². The molecular formula is C14H19N4O4S-. The van der Waals surface area contributed by atoms with Crippen LogP contribution in [0, 0.1) is 16.0 Å². The minimum atomic E-state index is -2.36. The molecule has 1 aromatic heterocycles. The molecule has 8 nitrogen and oxygen atoms in total. The fraction of sp³-hybridized carbons (Fsp3) is 0.357. The van der Waals surface area contributed by atoms with Gasteiger partial charge in [-0.15, -0.1) is 0 Å². The number of hydrogen-bond acceptors (Lipinski definition) is 6. The van der Waals surface area contributed by atoms with Gasteiger partial charge in [0.2, 0.25) is 0 Å². The lowest BCUT2D eigenvalue weighted by molar-refractivity contribution is -0.384. The number of nitrogens with two attached hydrogens (primary N) is 1. The predicted molar refractivity (Wildman–Crippen MR) is 89.4 cm³/mol. The molecule has 23 heavy (non-hydrogen) atoms. The van der Waals surface area contributed by atoms with Crippen molar-refractivity contribution < 1.29 is 13.7 Å². The summed E-state index contributed by atoms with van der Waals surface area (Å²) in [5, 5.41) is 19.1. The zero-order valence-electron chi connectivity index (χ0n) is 12.9. The first-order valence-corrected chi connectivity index (χ1v) is 8.06. The Hall–Kier alpha value is -2.10. The van der Waals surface area contributed by atoms with Crippen molar-refractivity contribution >= 4 is 33.5 Å². The first-order chi connectivity index (χ1) is 10.8. The van der Waals surface area contributed by atoms with E-state index in [2.05, 4.69) is 29.3 Å². The highest BCUT2D eigenvalue weighted by Gasteiger charge is 2.17. The number of pyridine rings is 1. The molecule has 0 spiro atoms. The zero-order valence-corrected chi connectivity index (χ0v) is 13.7. The molecule has 1 unspecified atom stereocenters. The van der Waals surface area contributed by atoms with Crippen LogP contribution < -0.4 is 10.5 Å². The zero-order chi connectivity index (χ0) is 17.4. The van der Waals surface area contributed by atoms with Gasteiger partial charge in [-0.2, -0.15) is 0 Å². The van der Waals surface area contributed by atoms with E-state index in [1.807, 2.05) is 24.3 Å². The van der Waals surface area contributed by atoms with Crippen molar-refractivity contribution in [3.63, 3.8) is 0 Å². The molecule has 0 saturated heterocycles. The summed E-state index contributed by atoms with van der Waals surface area (Å²) in [5.41, 5.74) is 1.36. The fourth-order valence-electron chi connectivity index (χ4n) is 1.94. The lowest BCUT2D eigenvalue weighted by Gasteiger charge is -2.11. The molecule has 0 radical (unpaired) electrons. The topological polar surface area (TPSA) is 134 Å². The second-order valence-electron chi connectivity index (χ2n) is 5.16. The van der Waals surface area contributed by atoms with Crippen LogP contribution in [0.1, 0.15) is 20.3 Å². The van der Waals surface area contributed by atoms with Gasteiger partial charge in [0.25, 0.3) is 0 Å². The Morgan fingerprint density at radius 1 is 1.39 bits per heavy atom. The highest BCUT2D eigenvalue weighted by Crippen LogP contribution is 2.31. The molecule has 3 N–H and O–H groups in total. The number of nitrogens with one attached hydrogen (secondary N) is 1. The summed E-state index contributed by atoms with van der Waals surface area (Å²) >= 11 is -2.36. The summed E-state index contributed by atoms with van der Waals surface area (Å²) in [6, 6.07) is 7.44. The SMILES string of the molecule is CC(C)CCNc1c([N+](=O)[O-])cnc2ccccc12.NS(=O)[O-]. The Labute approximate surface area is 136 Å². The number of nitrogens with zero attached hydrogens (tertiary/aromatic N) is 2. The van der Waals surface area contributed by atoms with Gasteiger partial charge in [-0.25, -0.2) is 4.98 Å². The summed E-state index contributed by atoms with van der Waals surface area (Å²) < 4.78 is 17.6. The van der Waals surface area contributed by atoms with Gasteiger partial charge in [0, 0.05) is 23.2 Å². The van der Waals surface area contributed by atoms with Crippen molar-refractivity contribution in [2.45, 2.75) is 20.3 Å². The van der Waals surface area contributed by atoms with E-state index in [9.17, 15) is 10.1 Å². The van der Waals surface area contributed by atoms with Gasteiger partial charge in [0.15, 0.2) is 0 Å². The maximum Gasteiger partial charge on any atom is 0.311 e. The molecule has 0 aliphatic rings. The Balaban J connectivity index is 0.000000593. The van der Waals surface area contributed by atoms with Crippen LogP contribution in [0.15, 0.2) is 30.5 Å². The number of rotatable bonds is 5. The number of para-hydroxylation sites is 1. The van der Waals surface area contributed by atoms with Crippen molar-refractivity contribution in [3.8, 4) is 0 Å². The smallest absolute Gasteiger partial charge is 0.311 e. The molecule has 0 saturated carbocycles. The number of hydrogen-bond donors (Lipinski definition) is 2. The van der Waals surface area contributed by atoms with Gasteiger partial charge < -0.3 is 9.87 Å². The molecule has 0 fully saturated rings. The molecule has 1 atom stereocenters. The van der Waals surface area contributed by atoms with Gasteiger partial charge in [-0.05, 0) is 18.4 Å². The fourth-order valence-corrected chi connectivity index (χ4v) is 1.94. The second-order valence-corrected chi connectivity index (χ2v) is 5.68. The third-order valence-corrected chi connectivity index (χ3v) is 2.98. The maximum atomic E-state index is 11.1. The molecule has 2 rings (SSSR count). The minimum absolute atomic E-state index is 0.0301. The van der Waals surface area contributed by atoms with Gasteiger partial charge in [-0.1, -0.05) is 32.0 Å². The quantitative estimate of drug-likeness (QED) is 0.488. The minimum Gasteiger partial charge on any atom is -0.760 e. The lowest BCUT2D eigenvalue weighted by Crippen LogP contribution is -2.07. The highest BCUT2D eigenvalue weighted by molar-refractivity contribution is 7.76. The van der Waals surface area contributed by atoms with Crippen LogP contribution in [-0.2, 0) is 11.3 Å². The second kappa shape index (κ2) is 9.13. The van der Waals surface area contributed by atoms with Gasteiger partial charge >= 0.3 is 5.69 Å². The molecule has 1 heterocycles. The van der Waals surface area contributed by atoms with Crippen molar-refractivity contribution in [2.24, 2.45) is 11.1 Å². The molecule has 1 aromatic carbocycles. The van der Waals surface area contributed by atoms with E-state index in [4.69, 9.17) is 8.76 Å². The molecular weight excluding hydrogens is 320 g/mol. The first-order valence-electron chi connectivity index (χ1n) is 6.92. The van der Waals surface area contributed by atoms with Crippen molar-refractivity contribution in [1.29, 1.82) is 0 Å². The van der Waals surface area contributed by atoms with Crippen LogP contribution >= 0.6 is 0 Å². The van der Waals surface area contributed by atoms with E-state index in [1.54, 1.807) is 0 Å². The van der Waals surface area contributed by atoms with Crippen LogP contribution in [0.2, 0.25) is 0 Å². The van der Waals surface area contributed by atoms with E-state index in [0.717, 1.165) is 17.3 Å².